The van der Waals surface area contributed by atoms with Crippen LogP contribution in [0.5, 0.6) is 11.5 Å². The van der Waals surface area contributed by atoms with Gasteiger partial charge in [-0.2, -0.15) is 17.4 Å². The van der Waals surface area contributed by atoms with Gasteiger partial charge in [-0.15, -0.1) is 0 Å². The third-order valence-corrected chi connectivity index (χ3v) is 6.08. The average Bonchev–Trinajstić information content (AvgIpc) is 2.59. The first-order chi connectivity index (χ1) is 12.7. The largest absolute Gasteiger partial charge is 0.493 e. The lowest BCUT2D eigenvalue weighted by Gasteiger charge is -2.34. The molecule has 1 heterocycles. The second-order valence-corrected chi connectivity index (χ2v) is 9.35. The van der Waals surface area contributed by atoms with E-state index in [0.717, 1.165) is 23.6 Å². The van der Waals surface area contributed by atoms with Crippen molar-refractivity contribution in [3.05, 3.63) is 23.8 Å². The third-order valence-electron chi connectivity index (χ3n) is 4.26. The number of piperazine rings is 1. The van der Waals surface area contributed by atoms with Crippen LogP contribution < -0.4 is 14.2 Å². The summed E-state index contributed by atoms with van der Waals surface area (Å²) in [6.45, 7) is 11.7. The maximum absolute atomic E-state index is 12.3. The Morgan fingerprint density at radius 3 is 2.30 bits per heavy atom. The van der Waals surface area contributed by atoms with Gasteiger partial charge in [-0.1, -0.05) is 19.9 Å². The highest BCUT2D eigenvalue weighted by molar-refractivity contribution is 7.87. The first-order valence-electron chi connectivity index (χ1n) is 9.50. The van der Waals surface area contributed by atoms with E-state index in [9.17, 15) is 8.42 Å². The minimum absolute atomic E-state index is 0.100. The van der Waals surface area contributed by atoms with Crippen LogP contribution in [0.4, 0.5) is 0 Å². The van der Waals surface area contributed by atoms with Gasteiger partial charge in [-0.05, 0) is 37.5 Å². The average molecular weight is 400 g/mol. The van der Waals surface area contributed by atoms with Crippen LogP contribution in [0.25, 0.3) is 0 Å². The van der Waals surface area contributed by atoms with Gasteiger partial charge < -0.3 is 9.47 Å². The van der Waals surface area contributed by atoms with E-state index in [1.165, 1.54) is 4.31 Å². The van der Waals surface area contributed by atoms with Gasteiger partial charge in [-0.25, -0.2) is 0 Å². The number of nitrogens with zero attached hydrogens (tertiary/aromatic N) is 2. The minimum Gasteiger partial charge on any atom is -0.493 e. The first kappa shape index (κ1) is 21.9. The molecule has 0 unspecified atom stereocenters. The number of hydrogen-bond acceptors (Lipinski definition) is 5. The summed E-state index contributed by atoms with van der Waals surface area (Å²) in [5.41, 5.74) is 1.13. The molecule has 27 heavy (non-hydrogen) atoms. The summed E-state index contributed by atoms with van der Waals surface area (Å²) < 4.78 is 39.9. The smallest absolute Gasteiger partial charge is 0.279 e. The van der Waals surface area contributed by atoms with Crippen molar-refractivity contribution in [1.82, 2.24) is 13.9 Å². The van der Waals surface area contributed by atoms with Gasteiger partial charge in [0.15, 0.2) is 11.5 Å². The van der Waals surface area contributed by atoms with Gasteiger partial charge in [0.1, 0.15) is 0 Å². The Balaban J connectivity index is 1.93. The molecule has 0 aromatic heterocycles. The van der Waals surface area contributed by atoms with Gasteiger partial charge in [0, 0.05) is 38.8 Å². The van der Waals surface area contributed by atoms with E-state index in [1.807, 2.05) is 32.0 Å². The number of benzene rings is 1. The molecule has 1 fully saturated rings. The van der Waals surface area contributed by atoms with E-state index in [-0.39, 0.29) is 6.04 Å². The van der Waals surface area contributed by atoms with Crippen LogP contribution in [0.3, 0.4) is 0 Å². The molecule has 0 radical (unpaired) electrons. The second kappa shape index (κ2) is 9.73. The normalized spacial score (nSPS) is 16.9. The van der Waals surface area contributed by atoms with Crippen molar-refractivity contribution in [3.63, 3.8) is 0 Å². The van der Waals surface area contributed by atoms with Gasteiger partial charge in [0.05, 0.1) is 13.7 Å². The molecule has 2 rings (SSSR count). The van der Waals surface area contributed by atoms with Crippen LogP contribution >= 0.6 is 0 Å². The van der Waals surface area contributed by atoms with E-state index in [0.29, 0.717) is 38.7 Å². The maximum atomic E-state index is 12.3. The maximum Gasteiger partial charge on any atom is 0.279 e. The molecule has 1 aliphatic rings. The number of rotatable bonds is 9. The topological polar surface area (TPSA) is 71.1 Å². The molecule has 1 aliphatic heterocycles. The summed E-state index contributed by atoms with van der Waals surface area (Å²) in [7, 11) is -1.74. The summed E-state index contributed by atoms with van der Waals surface area (Å²) in [6, 6.07) is 5.89. The quantitative estimate of drug-likeness (QED) is 0.688. The minimum atomic E-state index is -3.39. The molecule has 0 spiro atoms. The molecular weight excluding hydrogens is 366 g/mol. The second-order valence-electron chi connectivity index (χ2n) is 7.64. The van der Waals surface area contributed by atoms with Gasteiger partial charge in [-0.3, -0.25) is 4.90 Å². The van der Waals surface area contributed by atoms with E-state index >= 15 is 0 Å². The number of hydrogen-bond donors (Lipinski definition) is 1. The highest BCUT2D eigenvalue weighted by atomic mass is 32.2. The van der Waals surface area contributed by atoms with Crippen LogP contribution in [-0.4, -0.2) is 63.6 Å². The van der Waals surface area contributed by atoms with Crippen LogP contribution in [0.15, 0.2) is 18.2 Å². The van der Waals surface area contributed by atoms with E-state index in [2.05, 4.69) is 23.5 Å². The summed E-state index contributed by atoms with van der Waals surface area (Å²) in [5, 5.41) is 0. The van der Waals surface area contributed by atoms with Gasteiger partial charge in [0.2, 0.25) is 0 Å². The van der Waals surface area contributed by atoms with Crippen molar-refractivity contribution < 1.29 is 17.9 Å². The van der Waals surface area contributed by atoms with Crippen molar-refractivity contribution in [1.29, 1.82) is 0 Å². The zero-order valence-electron chi connectivity index (χ0n) is 17.1. The summed E-state index contributed by atoms with van der Waals surface area (Å²) >= 11 is 0. The highest BCUT2D eigenvalue weighted by Gasteiger charge is 2.27. The molecule has 1 aromatic carbocycles. The summed E-state index contributed by atoms with van der Waals surface area (Å²) in [4.78, 5) is 2.25. The number of methoxy groups -OCH3 is 1. The predicted molar refractivity (Wildman–Crippen MR) is 107 cm³/mol. The SMILES string of the molecule is COc1cc(CN2CCN(S(=O)(=O)NC(C)C)CC2)ccc1OCC(C)C. The van der Waals surface area contributed by atoms with Crippen molar-refractivity contribution in [2.24, 2.45) is 5.92 Å². The number of nitrogens with one attached hydrogen (secondary N) is 1. The summed E-state index contributed by atoms with van der Waals surface area (Å²) in [6.07, 6.45) is 0. The number of ether oxygens (including phenoxy) is 2. The fraction of sp³-hybridized carbons (Fsp3) is 0.684. The Labute approximate surface area is 163 Å². The zero-order valence-corrected chi connectivity index (χ0v) is 17.9. The molecule has 7 nitrogen and oxygen atoms in total. The summed E-state index contributed by atoms with van der Waals surface area (Å²) in [5.74, 6) is 1.94. The van der Waals surface area contributed by atoms with Crippen molar-refractivity contribution in [2.45, 2.75) is 40.3 Å². The zero-order chi connectivity index (χ0) is 20.0. The molecule has 1 N–H and O–H groups in total. The van der Waals surface area contributed by atoms with Crippen LogP contribution in [0.2, 0.25) is 0 Å². The highest BCUT2D eigenvalue weighted by Crippen LogP contribution is 2.29. The molecule has 154 valence electrons. The molecule has 0 atom stereocenters. The Morgan fingerprint density at radius 1 is 1.07 bits per heavy atom. The molecule has 1 saturated heterocycles. The van der Waals surface area contributed by atoms with E-state index in [1.54, 1.807) is 7.11 Å². The molecule has 0 aliphatic carbocycles. The third kappa shape index (κ3) is 6.64. The predicted octanol–water partition coefficient (Wildman–Crippen LogP) is 2.09. The van der Waals surface area contributed by atoms with Crippen molar-refractivity contribution in [3.8, 4) is 11.5 Å². The Hall–Kier alpha value is -1.35. The lowest BCUT2D eigenvalue weighted by molar-refractivity contribution is 0.180. The fourth-order valence-electron chi connectivity index (χ4n) is 2.94. The monoisotopic (exact) mass is 399 g/mol. The standard InChI is InChI=1S/C19H33N3O4S/c1-15(2)14-26-18-7-6-17(12-19(18)25-5)13-21-8-10-22(11-9-21)27(23,24)20-16(3)4/h6-7,12,15-16,20H,8-11,13-14H2,1-5H3. The van der Waals surface area contributed by atoms with Crippen LogP contribution in [0.1, 0.15) is 33.3 Å². The molecule has 0 amide bonds. The van der Waals surface area contributed by atoms with Crippen LogP contribution in [-0.2, 0) is 16.8 Å². The molecule has 1 aromatic rings. The molecule has 8 heteroatoms. The Kier molecular flexibility index (Phi) is 7.91. The van der Waals surface area contributed by atoms with E-state index < -0.39 is 10.2 Å². The van der Waals surface area contributed by atoms with Crippen LogP contribution in [0, 0.1) is 5.92 Å². The lowest BCUT2D eigenvalue weighted by atomic mass is 10.1. The van der Waals surface area contributed by atoms with Crippen molar-refractivity contribution >= 4 is 10.2 Å². The fourth-order valence-corrected chi connectivity index (χ4v) is 4.33. The molecular formula is C19H33N3O4S. The van der Waals surface area contributed by atoms with Crippen molar-refractivity contribution in [2.75, 3.05) is 39.9 Å². The Morgan fingerprint density at radius 2 is 1.74 bits per heavy atom. The van der Waals surface area contributed by atoms with Gasteiger partial charge >= 0.3 is 0 Å². The van der Waals surface area contributed by atoms with E-state index in [4.69, 9.17) is 9.47 Å². The molecule has 0 saturated carbocycles. The lowest BCUT2D eigenvalue weighted by Crippen LogP contribution is -2.52. The Bertz CT molecular complexity index is 699. The molecule has 0 bridgehead atoms. The first-order valence-corrected chi connectivity index (χ1v) is 10.9. The van der Waals surface area contributed by atoms with Gasteiger partial charge in [0.25, 0.3) is 10.2 Å².